The Kier molecular flexibility index (Phi) is 3.58. The van der Waals surface area contributed by atoms with Crippen molar-refractivity contribution in [2.75, 3.05) is 0 Å². The summed E-state index contributed by atoms with van der Waals surface area (Å²) in [4.78, 5) is 0. The van der Waals surface area contributed by atoms with E-state index in [1.54, 1.807) is 0 Å². The number of hydrogen-bond donors (Lipinski definition) is 0. The molecule has 0 saturated carbocycles. The maximum atomic E-state index is 6.56. The number of pyridine rings is 1. The van der Waals surface area contributed by atoms with Gasteiger partial charge in [0.1, 0.15) is 12.8 Å². The number of hydrogen-bond acceptors (Lipinski definition) is 1. The first-order valence-electron chi connectivity index (χ1n) is 10.0. The van der Waals surface area contributed by atoms with Gasteiger partial charge < -0.3 is 4.74 Å². The van der Waals surface area contributed by atoms with Gasteiger partial charge in [0.15, 0.2) is 5.75 Å². The molecule has 140 valence electrons. The molecular weight excluding hydrogens is 342 g/mol. The molecule has 2 heterocycles. The van der Waals surface area contributed by atoms with Crippen LogP contribution in [0.25, 0.3) is 32.9 Å². The van der Waals surface area contributed by atoms with Gasteiger partial charge in [-0.1, -0.05) is 38.1 Å². The summed E-state index contributed by atoms with van der Waals surface area (Å²) in [5.74, 6) is 2.40. The highest BCUT2D eigenvalue weighted by Crippen LogP contribution is 2.49. The second kappa shape index (κ2) is 5.81. The van der Waals surface area contributed by atoms with Crippen LogP contribution < -0.4 is 9.30 Å². The lowest BCUT2D eigenvalue weighted by Crippen LogP contribution is -2.33. The van der Waals surface area contributed by atoms with E-state index in [0.717, 1.165) is 11.5 Å². The van der Waals surface area contributed by atoms with E-state index in [0.29, 0.717) is 5.92 Å². The number of aromatic nitrogens is 1. The van der Waals surface area contributed by atoms with Crippen molar-refractivity contribution in [2.45, 2.75) is 40.5 Å². The molecule has 2 heteroatoms. The molecule has 0 fully saturated rings. The first-order chi connectivity index (χ1) is 13.4. The van der Waals surface area contributed by atoms with Gasteiger partial charge in [-0.05, 0) is 60.4 Å². The van der Waals surface area contributed by atoms with E-state index in [4.69, 9.17) is 4.74 Å². The molecule has 0 aliphatic carbocycles. The Morgan fingerprint density at radius 3 is 2.43 bits per heavy atom. The Morgan fingerprint density at radius 1 is 0.893 bits per heavy atom. The average Bonchev–Trinajstić information content (AvgIpc) is 2.65. The number of fused-ring (bicyclic) bond motifs is 3. The Bertz CT molecular complexity index is 1300. The summed E-state index contributed by atoms with van der Waals surface area (Å²) in [7, 11) is 2.16. The first kappa shape index (κ1) is 17.2. The topological polar surface area (TPSA) is 13.1 Å². The second-order valence-corrected chi connectivity index (χ2v) is 8.49. The predicted octanol–water partition coefficient (Wildman–Crippen LogP) is 6.64. The quantitative estimate of drug-likeness (QED) is 0.302. The van der Waals surface area contributed by atoms with Gasteiger partial charge in [-0.15, -0.1) is 0 Å². The lowest BCUT2D eigenvalue weighted by Gasteiger charge is -2.24. The van der Waals surface area contributed by atoms with E-state index in [1.807, 2.05) is 0 Å². The molecule has 4 aromatic rings. The summed E-state index contributed by atoms with van der Waals surface area (Å²) in [6.07, 6.45) is 0. The molecule has 1 aromatic heterocycles. The third-order valence-electron chi connectivity index (χ3n) is 6.37. The Hall–Kier alpha value is -2.87. The summed E-state index contributed by atoms with van der Waals surface area (Å²) < 4.78 is 8.86. The molecule has 1 aliphatic rings. The fourth-order valence-corrected chi connectivity index (χ4v) is 4.59. The van der Waals surface area contributed by atoms with E-state index in [1.165, 1.54) is 55.2 Å². The smallest absolute Gasteiger partial charge is 0.256 e. The number of nitrogens with zero attached hydrogens (tertiary/aromatic N) is 1. The molecule has 0 N–H and O–H groups in total. The van der Waals surface area contributed by atoms with Crippen LogP contribution >= 0.6 is 0 Å². The molecule has 0 spiro atoms. The Labute approximate surface area is 166 Å². The van der Waals surface area contributed by atoms with Crippen molar-refractivity contribution < 1.29 is 9.30 Å². The lowest BCUT2D eigenvalue weighted by atomic mass is 9.88. The van der Waals surface area contributed by atoms with Crippen molar-refractivity contribution in [1.29, 1.82) is 0 Å². The minimum Gasteiger partial charge on any atom is -0.450 e. The second-order valence-electron chi connectivity index (χ2n) is 8.49. The van der Waals surface area contributed by atoms with E-state index in [2.05, 4.69) is 88.7 Å². The van der Waals surface area contributed by atoms with Gasteiger partial charge in [0.05, 0.1) is 10.9 Å². The van der Waals surface area contributed by atoms with Gasteiger partial charge in [-0.2, -0.15) is 4.57 Å². The molecule has 1 aliphatic heterocycles. The molecule has 0 atom stereocenters. The third kappa shape index (κ3) is 2.24. The molecule has 0 unspecified atom stereocenters. The minimum absolute atomic E-state index is 0.464. The van der Waals surface area contributed by atoms with Crippen molar-refractivity contribution in [1.82, 2.24) is 0 Å². The Balaban J connectivity index is 1.98. The molecule has 0 amide bonds. The van der Waals surface area contributed by atoms with Gasteiger partial charge in [0.2, 0.25) is 5.52 Å². The van der Waals surface area contributed by atoms with Crippen molar-refractivity contribution >= 4 is 21.7 Å². The SMILES string of the molecule is Cc1cc2cc(C(C)C)cc3c2c(c1C)-c1c(cc2c(C)cccc2[n+]1C)O3. The summed E-state index contributed by atoms with van der Waals surface area (Å²) >= 11 is 0. The van der Waals surface area contributed by atoms with Crippen LogP contribution in [0.15, 0.2) is 42.5 Å². The van der Waals surface area contributed by atoms with Crippen LogP contribution in [0.3, 0.4) is 0 Å². The van der Waals surface area contributed by atoms with Crippen LogP contribution in [-0.2, 0) is 7.05 Å². The van der Waals surface area contributed by atoms with Crippen LogP contribution in [0.1, 0.15) is 42.0 Å². The van der Waals surface area contributed by atoms with E-state index < -0.39 is 0 Å². The fourth-order valence-electron chi connectivity index (χ4n) is 4.59. The average molecular weight is 369 g/mol. The van der Waals surface area contributed by atoms with Crippen LogP contribution in [-0.4, -0.2) is 0 Å². The number of benzene rings is 3. The van der Waals surface area contributed by atoms with Gasteiger partial charge in [-0.25, -0.2) is 0 Å². The highest BCUT2D eigenvalue weighted by Gasteiger charge is 2.32. The highest BCUT2D eigenvalue weighted by atomic mass is 16.5. The maximum absolute atomic E-state index is 6.56. The summed E-state index contributed by atoms with van der Waals surface area (Å²) in [5, 5.41) is 3.76. The van der Waals surface area contributed by atoms with Crippen LogP contribution in [0.2, 0.25) is 0 Å². The van der Waals surface area contributed by atoms with Gasteiger partial charge >= 0.3 is 0 Å². The molecular formula is C26H26NO+. The molecule has 0 bridgehead atoms. The molecule has 28 heavy (non-hydrogen) atoms. The maximum Gasteiger partial charge on any atom is 0.256 e. The zero-order chi connectivity index (χ0) is 19.7. The lowest BCUT2D eigenvalue weighted by molar-refractivity contribution is -0.633. The van der Waals surface area contributed by atoms with Gasteiger partial charge in [-0.3, -0.25) is 0 Å². The molecule has 3 aromatic carbocycles. The molecule has 2 nitrogen and oxygen atoms in total. The van der Waals surface area contributed by atoms with Crippen molar-refractivity contribution in [3.63, 3.8) is 0 Å². The third-order valence-corrected chi connectivity index (χ3v) is 6.37. The number of ether oxygens (including phenoxy) is 1. The minimum atomic E-state index is 0.464. The number of rotatable bonds is 1. The summed E-state index contributed by atoms with van der Waals surface area (Å²) in [6.45, 7) is 11.1. The summed E-state index contributed by atoms with van der Waals surface area (Å²) in [6, 6.07) is 15.6. The van der Waals surface area contributed by atoms with Crippen molar-refractivity contribution in [2.24, 2.45) is 7.05 Å². The van der Waals surface area contributed by atoms with E-state index >= 15 is 0 Å². The Morgan fingerprint density at radius 2 is 1.68 bits per heavy atom. The summed E-state index contributed by atoms with van der Waals surface area (Å²) in [5.41, 5.74) is 8.97. The number of aryl methyl sites for hydroxylation is 3. The predicted molar refractivity (Wildman–Crippen MR) is 116 cm³/mol. The largest absolute Gasteiger partial charge is 0.450 e. The zero-order valence-electron chi connectivity index (χ0n) is 17.5. The zero-order valence-corrected chi connectivity index (χ0v) is 17.5. The van der Waals surface area contributed by atoms with E-state index in [-0.39, 0.29) is 0 Å². The highest BCUT2D eigenvalue weighted by molar-refractivity contribution is 6.05. The van der Waals surface area contributed by atoms with Gasteiger partial charge in [0, 0.05) is 17.5 Å². The molecule has 5 rings (SSSR count). The van der Waals surface area contributed by atoms with Crippen molar-refractivity contribution in [3.05, 3.63) is 64.7 Å². The molecule has 0 radical (unpaired) electrons. The monoisotopic (exact) mass is 368 g/mol. The van der Waals surface area contributed by atoms with Crippen LogP contribution in [0.4, 0.5) is 0 Å². The van der Waals surface area contributed by atoms with Crippen LogP contribution in [0.5, 0.6) is 11.5 Å². The fraction of sp³-hybridized carbons (Fsp3) is 0.269. The van der Waals surface area contributed by atoms with Crippen molar-refractivity contribution in [3.8, 4) is 22.8 Å². The van der Waals surface area contributed by atoms with Gasteiger partial charge in [0.25, 0.3) is 5.69 Å². The molecule has 0 saturated heterocycles. The van der Waals surface area contributed by atoms with E-state index in [9.17, 15) is 0 Å². The standard InChI is InChI=1S/C26H26NO/c1-14(2)18-11-19-10-16(4)17(5)24-25(19)22(12-18)28-23-13-20-15(3)8-7-9-21(20)27(6)26(23)24/h7-14H,1-6H3/q+1. The normalized spacial score (nSPS) is 12.5. The first-order valence-corrected chi connectivity index (χ1v) is 10.0. The van der Waals surface area contributed by atoms with Crippen LogP contribution in [0, 0.1) is 20.8 Å².